The fraction of sp³-hybridized carbons (Fsp3) is 0.250. The zero-order valence-corrected chi connectivity index (χ0v) is 11.8. The normalized spacial score (nSPS) is 18.0. The van der Waals surface area contributed by atoms with E-state index in [0.29, 0.717) is 0 Å². The first-order chi connectivity index (χ1) is 10.2. The van der Waals surface area contributed by atoms with Gasteiger partial charge in [-0.3, -0.25) is 14.5 Å². The maximum atomic E-state index is 11.4. The molecule has 2 N–H and O–H groups in total. The SMILES string of the molecule is CNC(=O)/C=C\N(C=O)C1=CC2(CNC2)c2ccccc21. The predicted molar refractivity (Wildman–Crippen MR) is 80.1 cm³/mol. The van der Waals surface area contributed by atoms with Crippen molar-refractivity contribution in [1.29, 1.82) is 0 Å². The summed E-state index contributed by atoms with van der Waals surface area (Å²) in [6, 6.07) is 8.09. The standard InChI is InChI=1S/C16H17N3O2/c1-17-15(21)6-7-19(11-20)14-8-16(9-18-10-16)13-5-3-2-4-12(13)14/h2-8,11,18H,9-10H2,1H3,(H,17,21)/b7-6-. The summed E-state index contributed by atoms with van der Waals surface area (Å²) < 4.78 is 0. The number of nitrogens with one attached hydrogen (secondary N) is 2. The molecule has 5 nitrogen and oxygen atoms in total. The lowest BCUT2D eigenvalue weighted by Gasteiger charge is -2.38. The van der Waals surface area contributed by atoms with Crippen LogP contribution in [-0.4, -0.2) is 37.4 Å². The van der Waals surface area contributed by atoms with Gasteiger partial charge < -0.3 is 10.6 Å². The molecule has 0 atom stereocenters. The van der Waals surface area contributed by atoms with Crippen molar-refractivity contribution in [3.8, 4) is 0 Å². The van der Waals surface area contributed by atoms with Crippen LogP contribution >= 0.6 is 0 Å². The Kier molecular flexibility index (Phi) is 3.35. The monoisotopic (exact) mass is 283 g/mol. The van der Waals surface area contributed by atoms with Crippen LogP contribution in [0.3, 0.4) is 0 Å². The zero-order chi connectivity index (χ0) is 14.9. The molecule has 0 saturated carbocycles. The first-order valence-corrected chi connectivity index (χ1v) is 6.87. The molecule has 1 saturated heterocycles. The zero-order valence-electron chi connectivity index (χ0n) is 11.8. The molecule has 1 aliphatic carbocycles. The Morgan fingerprint density at radius 1 is 1.38 bits per heavy atom. The minimum Gasteiger partial charge on any atom is -0.356 e. The fourth-order valence-corrected chi connectivity index (χ4v) is 2.86. The van der Waals surface area contributed by atoms with E-state index in [0.717, 1.165) is 30.8 Å². The molecular weight excluding hydrogens is 266 g/mol. The van der Waals surface area contributed by atoms with Crippen molar-refractivity contribution < 1.29 is 9.59 Å². The minimum absolute atomic E-state index is 0.0198. The third-order valence-corrected chi connectivity index (χ3v) is 4.06. The molecule has 1 fully saturated rings. The smallest absolute Gasteiger partial charge is 0.245 e. The number of rotatable bonds is 4. The van der Waals surface area contributed by atoms with Crippen molar-refractivity contribution in [2.75, 3.05) is 20.1 Å². The lowest BCUT2D eigenvalue weighted by molar-refractivity contribution is -0.116. The highest BCUT2D eigenvalue weighted by Crippen LogP contribution is 2.43. The topological polar surface area (TPSA) is 61.4 Å². The molecule has 1 spiro atoms. The van der Waals surface area contributed by atoms with Gasteiger partial charge in [0, 0.05) is 43.4 Å². The maximum absolute atomic E-state index is 11.4. The molecule has 0 radical (unpaired) electrons. The quantitative estimate of drug-likeness (QED) is 0.628. The lowest BCUT2D eigenvalue weighted by Crippen LogP contribution is -2.54. The summed E-state index contributed by atoms with van der Waals surface area (Å²) in [6.45, 7) is 1.75. The molecule has 21 heavy (non-hydrogen) atoms. The van der Waals surface area contributed by atoms with E-state index in [1.54, 1.807) is 7.05 Å². The summed E-state index contributed by atoms with van der Waals surface area (Å²) in [5.41, 5.74) is 3.10. The second-order valence-electron chi connectivity index (χ2n) is 5.28. The summed E-state index contributed by atoms with van der Waals surface area (Å²) in [4.78, 5) is 24.2. The Labute approximate surface area is 123 Å². The maximum Gasteiger partial charge on any atom is 0.245 e. The van der Waals surface area contributed by atoms with Crippen LogP contribution in [0.25, 0.3) is 5.70 Å². The summed E-state index contributed by atoms with van der Waals surface area (Å²) >= 11 is 0. The van der Waals surface area contributed by atoms with E-state index < -0.39 is 0 Å². The van der Waals surface area contributed by atoms with E-state index >= 15 is 0 Å². The van der Waals surface area contributed by atoms with Gasteiger partial charge in [0.05, 0.1) is 5.70 Å². The second kappa shape index (κ2) is 5.18. The number of carbonyl (C=O) groups excluding carboxylic acids is 2. The number of fused-ring (bicyclic) bond motifs is 2. The van der Waals surface area contributed by atoms with Crippen LogP contribution in [-0.2, 0) is 15.0 Å². The molecule has 1 aromatic rings. The molecule has 5 heteroatoms. The Balaban J connectivity index is 1.97. The molecular formula is C16H17N3O2. The third kappa shape index (κ3) is 2.15. The van der Waals surface area contributed by atoms with E-state index in [1.807, 2.05) is 18.2 Å². The molecule has 0 unspecified atom stereocenters. The second-order valence-corrected chi connectivity index (χ2v) is 5.28. The van der Waals surface area contributed by atoms with Crippen LogP contribution in [0.4, 0.5) is 0 Å². The minimum atomic E-state index is -0.242. The van der Waals surface area contributed by atoms with Crippen LogP contribution < -0.4 is 10.6 Å². The number of likely N-dealkylation sites (N-methyl/N-ethyl adjacent to an activating group) is 1. The predicted octanol–water partition coefficient (Wildman–Crippen LogP) is 0.600. The Morgan fingerprint density at radius 2 is 2.14 bits per heavy atom. The van der Waals surface area contributed by atoms with Crippen LogP contribution in [0.5, 0.6) is 0 Å². The lowest BCUT2D eigenvalue weighted by atomic mass is 9.77. The Hall–Kier alpha value is -2.40. The van der Waals surface area contributed by atoms with Crippen molar-refractivity contribution in [3.05, 3.63) is 53.7 Å². The van der Waals surface area contributed by atoms with Crippen LogP contribution in [0.1, 0.15) is 11.1 Å². The molecule has 0 bridgehead atoms. The van der Waals surface area contributed by atoms with Crippen LogP contribution in [0, 0.1) is 0 Å². The number of carbonyl (C=O) groups is 2. The van der Waals surface area contributed by atoms with Gasteiger partial charge in [0.25, 0.3) is 0 Å². The highest BCUT2D eigenvalue weighted by Gasteiger charge is 2.43. The highest BCUT2D eigenvalue weighted by atomic mass is 16.1. The van der Waals surface area contributed by atoms with Crippen molar-refractivity contribution in [2.24, 2.45) is 0 Å². The number of hydrogen-bond donors (Lipinski definition) is 2. The number of amides is 2. The molecule has 2 aliphatic rings. The van der Waals surface area contributed by atoms with Gasteiger partial charge in [-0.15, -0.1) is 0 Å². The molecule has 1 aliphatic heterocycles. The summed E-state index contributed by atoms with van der Waals surface area (Å²) in [6.07, 6.45) is 5.70. The van der Waals surface area contributed by atoms with Crippen molar-refractivity contribution >= 4 is 18.0 Å². The van der Waals surface area contributed by atoms with Gasteiger partial charge in [-0.05, 0) is 11.6 Å². The van der Waals surface area contributed by atoms with Crippen molar-refractivity contribution in [1.82, 2.24) is 15.5 Å². The summed E-state index contributed by atoms with van der Waals surface area (Å²) in [7, 11) is 1.55. The van der Waals surface area contributed by atoms with Crippen molar-refractivity contribution in [3.63, 3.8) is 0 Å². The van der Waals surface area contributed by atoms with E-state index in [4.69, 9.17) is 0 Å². The molecule has 108 valence electrons. The number of benzene rings is 1. The number of nitrogens with zero attached hydrogens (tertiary/aromatic N) is 1. The van der Waals surface area contributed by atoms with Gasteiger partial charge in [0.2, 0.25) is 12.3 Å². The molecule has 2 amide bonds. The van der Waals surface area contributed by atoms with Gasteiger partial charge in [-0.25, -0.2) is 0 Å². The van der Waals surface area contributed by atoms with Gasteiger partial charge >= 0.3 is 0 Å². The molecule has 1 heterocycles. The van der Waals surface area contributed by atoms with Crippen LogP contribution in [0.2, 0.25) is 0 Å². The van der Waals surface area contributed by atoms with Gasteiger partial charge in [0.15, 0.2) is 0 Å². The Bertz CT molecular complexity index is 645. The van der Waals surface area contributed by atoms with E-state index in [2.05, 4.69) is 22.8 Å². The average molecular weight is 283 g/mol. The number of hydrogen-bond acceptors (Lipinski definition) is 3. The Morgan fingerprint density at radius 3 is 2.76 bits per heavy atom. The first kappa shape index (κ1) is 13.6. The molecule has 0 aromatic heterocycles. The fourth-order valence-electron chi connectivity index (χ4n) is 2.86. The largest absolute Gasteiger partial charge is 0.356 e. The van der Waals surface area contributed by atoms with Crippen LogP contribution in [0.15, 0.2) is 42.6 Å². The van der Waals surface area contributed by atoms with Crippen molar-refractivity contribution in [2.45, 2.75) is 5.41 Å². The molecule has 1 aromatic carbocycles. The van der Waals surface area contributed by atoms with Gasteiger partial charge in [-0.1, -0.05) is 24.3 Å². The van der Waals surface area contributed by atoms with E-state index in [-0.39, 0.29) is 11.3 Å². The highest BCUT2D eigenvalue weighted by molar-refractivity contribution is 5.89. The average Bonchev–Trinajstić information content (AvgIpc) is 2.83. The third-order valence-electron chi connectivity index (χ3n) is 4.06. The van der Waals surface area contributed by atoms with E-state index in [9.17, 15) is 9.59 Å². The first-order valence-electron chi connectivity index (χ1n) is 6.87. The van der Waals surface area contributed by atoms with Gasteiger partial charge in [0.1, 0.15) is 0 Å². The van der Waals surface area contributed by atoms with E-state index in [1.165, 1.54) is 22.7 Å². The van der Waals surface area contributed by atoms with Gasteiger partial charge in [-0.2, -0.15) is 0 Å². The summed E-state index contributed by atoms with van der Waals surface area (Å²) in [5, 5.41) is 5.78. The molecule has 3 rings (SSSR count). The summed E-state index contributed by atoms with van der Waals surface area (Å²) in [5.74, 6) is -0.242.